The maximum atomic E-state index is 10.8. The molecule has 1 unspecified atom stereocenters. The number of carbonyl (C=O) groups is 1. The number of aldehydes is 1. The van der Waals surface area contributed by atoms with Crippen molar-refractivity contribution in [1.82, 2.24) is 10.3 Å². The molecule has 5 heteroatoms. The first-order valence-electron chi connectivity index (χ1n) is 12.2. The molecule has 0 saturated heterocycles. The summed E-state index contributed by atoms with van der Waals surface area (Å²) in [5, 5.41) is 4.67. The molecule has 0 aromatic heterocycles. The van der Waals surface area contributed by atoms with E-state index in [1.807, 2.05) is 13.2 Å². The summed E-state index contributed by atoms with van der Waals surface area (Å²) >= 11 is 0. The summed E-state index contributed by atoms with van der Waals surface area (Å²) in [6, 6.07) is -0.0441. The van der Waals surface area contributed by atoms with Crippen molar-refractivity contribution < 1.29 is 4.79 Å². The van der Waals surface area contributed by atoms with Gasteiger partial charge < -0.3 is 20.9 Å². The van der Waals surface area contributed by atoms with Gasteiger partial charge in [0, 0.05) is 18.4 Å². The smallest absolute Gasteiger partial charge is 0.136 e. The standard InChI is InChI=1S/C24H50N4O/c1-3-4-5-6-7-8-9-10-11-12-13-14-15-18-23(25)21-28(26)20-17-16-19-24(22-29)27-2/h21-22,24,27H,3-20,25-26H2,1-2H3/b23-21-. The maximum Gasteiger partial charge on any atom is 0.136 e. The molecule has 172 valence electrons. The van der Waals surface area contributed by atoms with Gasteiger partial charge >= 0.3 is 0 Å². The van der Waals surface area contributed by atoms with E-state index >= 15 is 0 Å². The Bertz CT molecular complexity index is 387. The highest BCUT2D eigenvalue weighted by molar-refractivity contribution is 5.57. The Hall–Kier alpha value is -1.07. The Kier molecular flexibility index (Phi) is 20.8. The molecule has 5 N–H and O–H groups in total. The van der Waals surface area contributed by atoms with Crippen LogP contribution in [0.4, 0.5) is 0 Å². The van der Waals surface area contributed by atoms with E-state index in [1.54, 1.807) is 5.01 Å². The highest BCUT2D eigenvalue weighted by atomic mass is 16.1. The van der Waals surface area contributed by atoms with Crippen LogP contribution >= 0.6 is 0 Å². The quantitative estimate of drug-likeness (QED) is 0.0963. The van der Waals surface area contributed by atoms with Gasteiger partial charge in [0.05, 0.1) is 6.04 Å². The van der Waals surface area contributed by atoms with E-state index < -0.39 is 0 Å². The molecule has 0 fully saturated rings. The van der Waals surface area contributed by atoms with E-state index in [4.69, 9.17) is 11.6 Å². The van der Waals surface area contributed by atoms with Crippen molar-refractivity contribution >= 4 is 6.29 Å². The van der Waals surface area contributed by atoms with Gasteiger partial charge in [-0.15, -0.1) is 0 Å². The molecule has 0 aliphatic carbocycles. The molecular formula is C24H50N4O. The number of likely N-dealkylation sites (N-methyl/N-ethyl adjacent to an activating group) is 1. The second-order valence-electron chi connectivity index (χ2n) is 8.46. The Morgan fingerprint density at radius 3 is 1.86 bits per heavy atom. The van der Waals surface area contributed by atoms with Crippen LogP contribution in [0, 0.1) is 0 Å². The number of rotatable bonds is 22. The van der Waals surface area contributed by atoms with Gasteiger partial charge in [0.25, 0.3) is 0 Å². The molecular weight excluding hydrogens is 360 g/mol. The fourth-order valence-electron chi connectivity index (χ4n) is 3.63. The summed E-state index contributed by atoms with van der Waals surface area (Å²) in [4.78, 5) is 10.8. The zero-order valence-corrected chi connectivity index (χ0v) is 19.5. The molecule has 0 radical (unpaired) electrons. The lowest BCUT2D eigenvalue weighted by atomic mass is 10.0. The molecule has 0 rings (SSSR count). The van der Waals surface area contributed by atoms with Gasteiger partial charge in [-0.2, -0.15) is 0 Å². The molecule has 0 aromatic carbocycles. The molecule has 1 atom stereocenters. The highest BCUT2D eigenvalue weighted by Gasteiger charge is 2.03. The van der Waals surface area contributed by atoms with E-state index in [-0.39, 0.29) is 6.04 Å². The molecule has 0 spiro atoms. The summed E-state index contributed by atoms with van der Waals surface area (Å²) in [7, 11) is 1.81. The monoisotopic (exact) mass is 410 g/mol. The number of unbranched alkanes of at least 4 members (excludes halogenated alkanes) is 13. The summed E-state index contributed by atoms with van der Waals surface area (Å²) in [6.07, 6.45) is 24.3. The summed E-state index contributed by atoms with van der Waals surface area (Å²) < 4.78 is 0. The van der Waals surface area contributed by atoms with Crippen molar-refractivity contribution in [2.45, 2.75) is 122 Å². The van der Waals surface area contributed by atoms with Gasteiger partial charge in [0.15, 0.2) is 0 Å². The second kappa shape index (κ2) is 21.6. The number of hydrazine groups is 1. The molecule has 0 saturated carbocycles. The van der Waals surface area contributed by atoms with Crippen molar-refractivity contribution in [3.8, 4) is 0 Å². The average Bonchev–Trinajstić information content (AvgIpc) is 2.71. The predicted octanol–water partition coefficient (Wildman–Crippen LogP) is 5.40. The zero-order chi connectivity index (χ0) is 21.6. The first-order chi connectivity index (χ1) is 14.1. The van der Waals surface area contributed by atoms with Gasteiger partial charge in [-0.1, -0.05) is 84.0 Å². The Balaban J connectivity index is 3.47. The highest BCUT2D eigenvalue weighted by Crippen LogP contribution is 2.13. The van der Waals surface area contributed by atoms with Crippen molar-refractivity contribution in [3.05, 3.63) is 11.9 Å². The van der Waals surface area contributed by atoms with E-state index in [0.717, 1.165) is 50.6 Å². The van der Waals surface area contributed by atoms with Crippen LogP contribution < -0.4 is 16.9 Å². The second-order valence-corrected chi connectivity index (χ2v) is 8.46. The third-order valence-corrected chi connectivity index (χ3v) is 5.62. The largest absolute Gasteiger partial charge is 0.401 e. The molecule has 0 aromatic rings. The van der Waals surface area contributed by atoms with E-state index in [1.165, 1.54) is 77.0 Å². The fourth-order valence-corrected chi connectivity index (χ4v) is 3.63. The van der Waals surface area contributed by atoms with E-state index in [9.17, 15) is 4.79 Å². The predicted molar refractivity (Wildman–Crippen MR) is 126 cm³/mol. The van der Waals surface area contributed by atoms with Crippen LogP contribution in [0.2, 0.25) is 0 Å². The van der Waals surface area contributed by atoms with Crippen LogP contribution in [-0.2, 0) is 4.79 Å². The topological polar surface area (TPSA) is 84.4 Å². The van der Waals surface area contributed by atoms with E-state index in [0.29, 0.717) is 0 Å². The van der Waals surface area contributed by atoms with Gasteiger partial charge in [-0.25, -0.2) is 5.84 Å². The zero-order valence-electron chi connectivity index (χ0n) is 19.5. The molecule has 0 heterocycles. The first-order valence-corrected chi connectivity index (χ1v) is 12.2. The van der Waals surface area contributed by atoms with Gasteiger partial charge in [0.1, 0.15) is 6.29 Å². The van der Waals surface area contributed by atoms with Crippen molar-refractivity contribution in [1.29, 1.82) is 0 Å². The van der Waals surface area contributed by atoms with Crippen LogP contribution in [0.3, 0.4) is 0 Å². The van der Waals surface area contributed by atoms with Gasteiger partial charge in [-0.3, -0.25) is 0 Å². The number of nitrogens with zero attached hydrogens (tertiary/aromatic N) is 1. The summed E-state index contributed by atoms with van der Waals surface area (Å²) in [6.45, 7) is 3.05. The third-order valence-electron chi connectivity index (χ3n) is 5.62. The lowest BCUT2D eigenvalue weighted by Gasteiger charge is -2.15. The third kappa shape index (κ3) is 20.0. The molecule has 0 amide bonds. The molecule has 0 aliphatic rings. The van der Waals surface area contributed by atoms with Crippen LogP contribution in [0.25, 0.3) is 0 Å². The molecule has 0 bridgehead atoms. The Morgan fingerprint density at radius 2 is 1.38 bits per heavy atom. The minimum atomic E-state index is -0.0441. The first kappa shape index (κ1) is 27.9. The lowest BCUT2D eigenvalue weighted by Crippen LogP contribution is -2.29. The summed E-state index contributed by atoms with van der Waals surface area (Å²) in [5.41, 5.74) is 6.96. The lowest BCUT2D eigenvalue weighted by molar-refractivity contribution is -0.109. The summed E-state index contributed by atoms with van der Waals surface area (Å²) in [5.74, 6) is 5.99. The van der Waals surface area contributed by atoms with Crippen molar-refractivity contribution in [2.24, 2.45) is 11.6 Å². The minimum Gasteiger partial charge on any atom is -0.401 e. The average molecular weight is 411 g/mol. The Morgan fingerprint density at radius 1 is 0.862 bits per heavy atom. The number of hydrogen-bond acceptors (Lipinski definition) is 5. The van der Waals surface area contributed by atoms with Crippen LogP contribution in [0.1, 0.15) is 116 Å². The number of nitrogens with two attached hydrogens (primary N) is 2. The van der Waals surface area contributed by atoms with Crippen molar-refractivity contribution in [3.63, 3.8) is 0 Å². The van der Waals surface area contributed by atoms with Crippen molar-refractivity contribution in [2.75, 3.05) is 13.6 Å². The maximum absolute atomic E-state index is 10.8. The minimum absolute atomic E-state index is 0.0441. The van der Waals surface area contributed by atoms with Crippen LogP contribution in [0.5, 0.6) is 0 Å². The Labute approximate surface area is 181 Å². The number of allylic oxidation sites excluding steroid dienone is 1. The van der Waals surface area contributed by atoms with E-state index in [2.05, 4.69) is 12.2 Å². The number of nitrogens with one attached hydrogen (secondary N) is 1. The normalized spacial score (nSPS) is 12.9. The van der Waals surface area contributed by atoms with Gasteiger partial charge in [-0.05, 0) is 39.2 Å². The van der Waals surface area contributed by atoms with Crippen LogP contribution in [-0.4, -0.2) is 30.9 Å². The van der Waals surface area contributed by atoms with Crippen LogP contribution in [0.15, 0.2) is 11.9 Å². The number of hydrogen-bond donors (Lipinski definition) is 3. The molecule has 0 aliphatic heterocycles. The number of carbonyl (C=O) groups excluding carboxylic acids is 1. The fraction of sp³-hybridized carbons (Fsp3) is 0.875. The molecule has 5 nitrogen and oxygen atoms in total. The SMILES string of the molecule is CCCCCCCCCCCCCCC/C(N)=C/N(N)CCCCC(C=O)NC. The van der Waals surface area contributed by atoms with Gasteiger partial charge in [0.2, 0.25) is 0 Å². The molecule has 29 heavy (non-hydrogen) atoms.